The molecule has 1 aromatic heterocycles. The van der Waals surface area contributed by atoms with Crippen molar-refractivity contribution in [1.82, 2.24) is 9.97 Å². The normalized spacial score (nSPS) is 11.2. The van der Waals surface area contributed by atoms with E-state index in [4.69, 9.17) is 0 Å². The van der Waals surface area contributed by atoms with Crippen LogP contribution in [0, 0.1) is 10.1 Å². The summed E-state index contributed by atoms with van der Waals surface area (Å²) in [4.78, 5) is 17.8. The van der Waals surface area contributed by atoms with Crippen molar-refractivity contribution in [2.24, 2.45) is 0 Å². The van der Waals surface area contributed by atoms with Crippen LogP contribution in [-0.2, 0) is 12.6 Å². The van der Waals surface area contributed by atoms with Crippen molar-refractivity contribution < 1.29 is 18.1 Å². The molecule has 3 rings (SSSR count). The molecular formula is C19H16F3N5O2. The molecule has 2 aromatic carbocycles. The number of nitrogens with one attached hydrogen (secondary N) is 2. The first-order valence-electron chi connectivity index (χ1n) is 8.58. The number of alkyl halides is 3. The number of anilines is 4. The number of hydrogen-bond donors (Lipinski definition) is 2. The number of halogens is 3. The number of rotatable bonds is 6. The lowest BCUT2D eigenvalue weighted by Gasteiger charge is -2.15. The van der Waals surface area contributed by atoms with Gasteiger partial charge < -0.3 is 10.6 Å². The maximum Gasteiger partial charge on any atom is 0.421 e. The Morgan fingerprint density at radius 2 is 1.59 bits per heavy atom. The smallest absolute Gasteiger partial charge is 0.340 e. The van der Waals surface area contributed by atoms with Gasteiger partial charge in [0.15, 0.2) is 0 Å². The highest BCUT2D eigenvalue weighted by Gasteiger charge is 2.35. The van der Waals surface area contributed by atoms with Gasteiger partial charge in [-0.3, -0.25) is 10.1 Å². The van der Waals surface area contributed by atoms with Gasteiger partial charge in [0.25, 0.3) is 5.69 Å². The number of benzene rings is 2. The molecule has 10 heteroatoms. The van der Waals surface area contributed by atoms with Crippen LogP contribution >= 0.6 is 0 Å². The van der Waals surface area contributed by atoms with Gasteiger partial charge in [-0.05, 0) is 36.2 Å². The molecule has 0 spiro atoms. The molecule has 0 saturated heterocycles. The summed E-state index contributed by atoms with van der Waals surface area (Å²) < 4.78 is 40.0. The summed E-state index contributed by atoms with van der Waals surface area (Å²) in [5, 5.41) is 16.1. The Bertz CT molecular complexity index is 1010. The quantitative estimate of drug-likeness (QED) is 0.420. The third-order valence-electron chi connectivity index (χ3n) is 4.05. The number of nitrogens with zero attached hydrogens (tertiary/aromatic N) is 3. The Hall–Kier alpha value is -3.69. The van der Waals surface area contributed by atoms with E-state index in [0.717, 1.165) is 12.0 Å². The summed E-state index contributed by atoms with van der Waals surface area (Å²) in [5.74, 6) is -0.485. The van der Waals surface area contributed by atoms with E-state index in [1.807, 2.05) is 19.1 Å². The second-order valence-electron chi connectivity index (χ2n) is 6.06. The van der Waals surface area contributed by atoms with Crippen molar-refractivity contribution in [1.29, 1.82) is 0 Å². The predicted molar refractivity (Wildman–Crippen MR) is 103 cm³/mol. The summed E-state index contributed by atoms with van der Waals surface area (Å²) in [7, 11) is 0. The summed E-state index contributed by atoms with van der Waals surface area (Å²) >= 11 is 0. The maximum atomic E-state index is 13.3. The minimum Gasteiger partial charge on any atom is -0.340 e. The van der Waals surface area contributed by atoms with Gasteiger partial charge in [-0.1, -0.05) is 19.1 Å². The van der Waals surface area contributed by atoms with E-state index in [-0.39, 0.29) is 11.6 Å². The molecule has 0 aliphatic rings. The van der Waals surface area contributed by atoms with Gasteiger partial charge in [-0.2, -0.15) is 18.2 Å². The molecule has 0 saturated carbocycles. The second-order valence-corrected chi connectivity index (χ2v) is 6.06. The number of nitro groups is 1. The maximum absolute atomic E-state index is 13.3. The van der Waals surface area contributed by atoms with Crippen LogP contribution in [0.4, 0.5) is 42.0 Å². The largest absolute Gasteiger partial charge is 0.421 e. The first-order valence-corrected chi connectivity index (χ1v) is 8.58. The predicted octanol–water partition coefficient (Wildman–Crippen LogP) is 5.45. The van der Waals surface area contributed by atoms with E-state index in [1.165, 1.54) is 24.3 Å². The third-order valence-corrected chi connectivity index (χ3v) is 4.05. The second kappa shape index (κ2) is 8.13. The molecule has 0 fully saturated rings. The van der Waals surface area contributed by atoms with Crippen molar-refractivity contribution in [3.63, 3.8) is 0 Å². The molecule has 2 N–H and O–H groups in total. The number of aromatic nitrogens is 2. The van der Waals surface area contributed by atoms with Crippen LogP contribution < -0.4 is 10.6 Å². The average Bonchev–Trinajstić information content (AvgIpc) is 2.68. The van der Waals surface area contributed by atoms with Gasteiger partial charge in [0.1, 0.15) is 11.4 Å². The van der Waals surface area contributed by atoms with Gasteiger partial charge in [0.05, 0.1) is 4.92 Å². The zero-order chi connectivity index (χ0) is 21.0. The Labute approximate surface area is 163 Å². The zero-order valence-electron chi connectivity index (χ0n) is 15.2. The van der Waals surface area contributed by atoms with E-state index in [0.29, 0.717) is 17.6 Å². The van der Waals surface area contributed by atoms with Crippen LogP contribution in [0.1, 0.15) is 18.1 Å². The number of hydrogen-bond acceptors (Lipinski definition) is 6. The zero-order valence-corrected chi connectivity index (χ0v) is 15.2. The van der Waals surface area contributed by atoms with Crippen LogP contribution in [0.15, 0.2) is 54.7 Å². The van der Waals surface area contributed by atoms with Gasteiger partial charge in [0.2, 0.25) is 5.95 Å². The lowest BCUT2D eigenvalue weighted by molar-refractivity contribution is -0.384. The Balaban J connectivity index is 1.89. The SMILES string of the molecule is CCc1ccc(Nc2nc(Nc3ccc([N+](=O)[O-])cc3)ncc2C(F)(F)F)cc1. The van der Waals surface area contributed by atoms with E-state index in [2.05, 4.69) is 20.6 Å². The molecule has 0 bridgehead atoms. The van der Waals surface area contributed by atoms with Crippen molar-refractivity contribution in [3.05, 3.63) is 76.0 Å². The molecule has 7 nitrogen and oxygen atoms in total. The van der Waals surface area contributed by atoms with Gasteiger partial charge in [-0.15, -0.1) is 0 Å². The molecular weight excluding hydrogens is 387 g/mol. The molecule has 29 heavy (non-hydrogen) atoms. The molecule has 0 amide bonds. The van der Waals surface area contributed by atoms with Gasteiger partial charge in [-0.25, -0.2) is 4.98 Å². The third kappa shape index (κ3) is 4.98. The topological polar surface area (TPSA) is 93.0 Å². The fourth-order valence-corrected chi connectivity index (χ4v) is 2.50. The van der Waals surface area contributed by atoms with Gasteiger partial charge >= 0.3 is 6.18 Å². The summed E-state index contributed by atoms with van der Waals surface area (Å²) in [6.45, 7) is 1.98. The first kappa shape index (κ1) is 20.1. The summed E-state index contributed by atoms with van der Waals surface area (Å²) in [6.07, 6.45) is -3.15. The molecule has 0 aliphatic carbocycles. The molecule has 3 aromatic rings. The highest BCUT2D eigenvalue weighted by Crippen LogP contribution is 2.35. The highest BCUT2D eigenvalue weighted by molar-refractivity contribution is 5.63. The lowest BCUT2D eigenvalue weighted by atomic mass is 10.1. The lowest BCUT2D eigenvalue weighted by Crippen LogP contribution is -2.12. The molecule has 0 unspecified atom stereocenters. The molecule has 0 aliphatic heterocycles. The van der Waals surface area contributed by atoms with E-state index in [9.17, 15) is 23.3 Å². The standard InChI is InChI=1S/C19H16F3N5O2/c1-2-12-3-5-13(6-4-12)24-17-16(19(20,21)22)11-23-18(26-17)25-14-7-9-15(10-8-14)27(28)29/h3-11H,2H2,1H3,(H2,23,24,25,26). The fraction of sp³-hybridized carbons (Fsp3) is 0.158. The number of non-ortho nitro benzene ring substituents is 1. The van der Waals surface area contributed by atoms with E-state index < -0.39 is 22.5 Å². The van der Waals surface area contributed by atoms with Gasteiger partial charge in [0, 0.05) is 29.7 Å². The first-order chi connectivity index (χ1) is 13.8. The Morgan fingerprint density at radius 1 is 1.00 bits per heavy atom. The van der Waals surface area contributed by atoms with Crippen LogP contribution in [-0.4, -0.2) is 14.9 Å². The fourth-order valence-electron chi connectivity index (χ4n) is 2.50. The highest BCUT2D eigenvalue weighted by atomic mass is 19.4. The van der Waals surface area contributed by atoms with E-state index >= 15 is 0 Å². The number of aryl methyl sites for hydroxylation is 1. The monoisotopic (exact) mass is 403 g/mol. The Kier molecular flexibility index (Phi) is 5.62. The van der Waals surface area contributed by atoms with Crippen molar-refractivity contribution in [3.8, 4) is 0 Å². The summed E-state index contributed by atoms with van der Waals surface area (Å²) in [5.41, 5.74) is 0.782. The summed E-state index contributed by atoms with van der Waals surface area (Å²) in [6, 6.07) is 12.3. The van der Waals surface area contributed by atoms with Crippen molar-refractivity contribution in [2.45, 2.75) is 19.5 Å². The molecule has 1 heterocycles. The molecule has 0 radical (unpaired) electrons. The van der Waals surface area contributed by atoms with Crippen LogP contribution in [0.3, 0.4) is 0 Å². The minimum atomic E-state index is -4.64. The minimum absolute atomic E-state index is 0.0838. The molecule has 0 atom stereocenters. The van der Waals surface area contributed by atoms with Crippen molar-refractivity contribution >= 4 is 28.8 Å². The Morgan fingerprint density at radius 3 is 2.14 bits per heavy atom. The van der Waals surface area contributed by atoms with Crippen LogP contribution in [0.25, 0.3) is 0 Å². The van der Waals surface area contributed by atoms with Crippen LogP contribution in [0.5, 0.6) is 0 Å². The average molecular weight is 403 g/mol. The van der Waals surface area contributed by atoms with Crippen LogP contribution in [0.2, 0.25) is 0 Å². The number of nitro benzene ring substituents is 1. The van der Waals surface area contributed by atoms with E-state index in [1.54, 1.807) is 12.1 Å². The van der Waals surface area contributed by atoms with Crippen molar-refractivity contribution in [2.75, 3.05) is 10.6 Å². The molecule has 150 valence electrons.